The second kappa shape index (κ2) is 8.84. The van der Waals surface area contributed by atoms with E-state index in [9.17, 15) is 31.6 Å². The van der Waals surface area contributed by atoms with Crippen LogP contribution in [0.5, 0.6) is 0 Å². The SMILES string of the molecule is CN(C(=O)c1ccc(Cl)c(-c2cnc(C(F)(F)F)cc2C#N)c1)c1ccccc1S(C)(=O)=O. The molecule has 1 heterocycles. The summed E-state index contributed by atoms with van der Waals surface area (Å²) >= 11 is 6.21. The molecule has 6 nitrogen and oxygen atoms in total. The molecule has 3 rings (SSSR count). The van der Waals surface area contributed by atoms with Gasteiger partial charge in [-0.1, -0.05) is 23.7 Å². The highest BCUT2D eigenvalue weighted by atomic mass is 35.5. The zero-order valence-electron chi connectivity index (χ0n) is 17.2. The summed E-state index contributed by atoms with van der Waals surface area (Å²) in [6.45, 7) is 0. The number of rotatable bonds is 4. The van der Waals surface area contributed by atoms with Crippen LogP contribution in [0.25, 0.3) is 11.1 Å². The molecule has 0 aliphatic heterocycles. The lowest BCUT2D eigenvalue weighted by atomic mass is 9.99. The molecule has 1 aromatic heterocycles. The molecule has 0 saturated heterocycles. The molecule has 0 unspecified atom stereocenters. The maximum Gasteiger partial charge on any atom is 0.433 e. The Hall–Kier alpha value is -3.42. The van der Waals surface area contributed by atoms with Gasteiger partial charge < -0.3 is 4.90 Å². The Bertz CT molecular complexity index is 1400. The van der Waals surface area contributed by atoms with E-state index in [0.717, 1.165) is 17.4 Å². The Morgan fingerprint density at radius 2 is 1.79 bits per heavy atom. The molecule has 0 saturated carbocycles. The largest absolute Gasteiger partial charge is 0.433 e. The lowest BCUT2D eigenvalue weighted by molar-refractivity contribution is -0.141. The van der Waals surface area contributed by atoms with Crippen molar-refractivity contribution in [2.75, 3.05) is 18.2 Å². The number of nitriles is 1. The number of halogens is 4. The Labute approximate surface area is 192 Å². The molecule has 1 amide bonds. The highest BCUT2D eigenvalue weighted by Gasteiger charge is 2.33. The summed E-state index contributed by atoms with van der Waals surface area (Å²) in [7, 11) is -2.24. The molecule has 3 aromatic rings. The molecule has 0 N–H and O–H groups in total. The van der Waals surface area contributed by atoms with Gasteiger partial charge in [0.1, 0.15) is 5.69 Å². The molecule has 0 atom stereocenters. The Morgan fingerprint density at radius 1 is 1.12 bits per heavy atom. The number of benzene rings is 2. The van der Waals surface area contributed by atoms with Crippen molar-refractivity contribution in [2.24, 2.45) is 0 Å². The molecular weight excluding hydrogens is 479 g/mol. The van der Waals surface area contributed by atoms with E-state index >= 15 is 0 Å². The first-order valence-electron chi connectivity index (χ1n) is 9.19. The Balaban J connectivity index is 2.08. The van der Waals surface area contributed by atoms with Crippen LogP contribution in [0.1, 0.15) is 21.6 Å². The van der Waals surface area contributed by atoms with Gasteiger partial charge in [0.25, 0.3) is 5.91 Å². The molecule has 0 aliphatic rings. The maximum absolute atomic E-state index is 13.1. The fourth-order valence-corrected chi connectivity index (χ4v) is 4.26. The Kier molecular flexibility index (Phi) is 6.49. The highest BCUT2D eigenvalue weighted by Crippen LogP contribution is 2.35. The summed E-state index contributed by atoms with van der Waals surface area (Å²) in [5.41, 5.74) is -1.18. The number of aromatic nitrogens is 1. The number of amides is 1. The minimum absolute atomic E-state index is 0.0179. The molecule has 33 heavy (non-hydrogen) atoms. The number of para-hydroxylation sites is 1. The normalized spacial score (nSPS) is 11.7. The van der Waals surface area contributed by atoms with Crippen molar-refractivity contribution in [1.29, 1.82) is 5.26 Å². The van der Waals surface area contributed by atoms with Crippen LogP contribution in [0, 0.1) is 11.3 Å². The zero-order valence-corrected chi connectivity index (χ0v) is 18.8. The minimum atomic E-state index is -4.73. The third-order valence-electron chi connectivity index (χ3n) is 4.75. The van der Waals surface area contributed by atoms with Crippen LogP contribution < -0.4 is 4.90 Å². The lowest BCUT2D eigenvalue weighted by Crippen LogP contribution is -2.27. The first-order chi connectivity index (χ1) is 15.3. The standard InChI is InChI=1S/C22H15ClF3N3O3S/c1-29(18-5-3-4-6-19(18)33(2,31)32)21(30)13-7-8-17(23)15(9-13)16-12-28-20(22(24,25)26)10-14(16)11-27/h3-10,12H,1-2H3. The monoisotopic (exact) mass is 493 g/mol. The van der Waals surface area contributed by atoms with Crippen molar-refractivity contribution in [3.05, 3.63) is 76.6 Å². The van der Waals surface area contributed by atoms with E-state index in [1.165, 1.54) is 43.4 Å². The van der Waals surface area contributed by atoms with Crippen molar-refractivity contribution in [3.63, 3.8) is 0 Å². The van der Waals surface area contributed by atoms with Crippen molar-refractivity contribution < 1.29 is 26.4 Å². The Morgan fingerprint density at radius 3 is 2.39 bits per heavy atom. The third-order valence-corrected chi connectivity index (χ3v) is 6.22. The van der Waals surface area contributed by atoms with E-state index in [4.69, 9.17) is 11.6 Å². The van der Waals surface area contributed by atoms with E-state index in [0.29, 0.717) is 6.07 Å². The molecule has 0 fully saturated rings. The van der Waals surface area contributed by atoms with Gasteiger partial charge in [-0.2, -0.15) is 18.4 Å². The van der Waals surface area contributed by atoms with Crippen LogP contribution in [0.15, 0.2) is 59.6 Å². The fourth-order valence-electron chi connectivity index (χ4n) is 3.13. The number of sulfone groups is 1. The average molecular weight is 494 g/mol. The van der Waals surface area contributed by atoms with Gasteiger partial charge in [-0.15, -0.1) is 0 Å². The summed E-state index contributed by atoms with van der Waals surface area (Å²) in [6, 6.07) is 12.3. The fraction of sp³-hybridized carbons (Fsp3) is 0.136. The molecule has 170 valence electrons. The quantitative estimate of drug-likeness (QED) is 0.511. The lowest BCUT2D eigenvalue weighted by Gasteiger charge is -2.20. The second-order valence-electron chi connectivity index (χ2n) is 7.02. The van der Waals surface area contributed by atoms with Gasteiger partial charge >= 0.3 is 6.18 Å². The number of hydrogen-bond donors (Lipinski definition) is 0. The third kappa shape index (κ3) is 4.99. The zero-order chi connectivity index (χ0) is 24.6. The van der Waals surface area contributed by atoms with Crippen LogP contribution in [0.3, 0.4) is 0 Å². The van der Waals surface area contributed by atoms with Crippen LogP contribution in [-0.4, -0.2) is 32.6 Å². The van der Waals surface area contributed by atoms with Crippen LogP contribution in [0.2, 0.25) is 5.02 Å². The van der Waals surface area contributed by atoms with Gasteiger partial charge in [-0.25, -0.2) is 8.42 Å². The van der Waals surface area contributed by atoms with Crippen molar-refractivity contribution in [1.82, 2.24) is 4.98 Å². The van der Waals surface area contributed by atoms with Crippen molar-refractivity contribution in [3.8, 4) is 17.2 Å². The maximum atomic E-state index is 13.1. The van der Waals surface area contributed by atoms with Gasteiger partial charge in [0.05, 0.1) is 22.2 Å². The van der Waals surface area contributed by atoms with E-state index in [1.807, 2.05) is 0 Å². The van der Waals surface area contributed by atoms with E-state index in [1.54, 1.807) is 12.1 Å². The number of carbonyl (C=O) groups excluding carboxylic acids is 1. The molecule has 0 aliphatic carbocycles. The van der Waals surface area contributed by atoms with Gasteiger partial charge in [-0.3, -0.25) is 9.78 Å². The number of anilines is 1. The first kappa shape index (κ1) is 24.2. The van der Waals surface area contributed by atoms with Crippen molar-refractivity contribution >= 4 is 33.0 Å². The highest BCUT2D eigenvalue weighted by molar-refractivity contribution is 7.90. The molecule has 0 spiro atoms. The van der Waals surface area contributed by atoms with E-state index in [2.05, 4.69) is 4.98 Å². The molecule has 0 radical (unpaired) electrons. The van der Waals surface area contributed by atoms with Crippen molar-refractivity contribution in [2.45, 2.75) is 11.1 Å². The molecular formula is C22H15ClF3N3O3S. The van der Waals surface area contributed by atoms with Gasteiger partial charge in [-0.05, 0) is 36.4 Å². The van der Waals surface area contributed by atoms with E-state index in [-0.39, 0.29) is 37.9 Å². The van der Waals surface area contributed by atoms with Gasteiger partial charge in [0.2, 0.25) is 0 Å². The number of hydrogen-bond acceptors (Lipinski definition) is 5. The van der Waals surface area contributed by atoms with E-state index < -0.39 is 27.6 Å². The van der Waals surface area contributed by atoms with Crippen LogP contribution >= 0.6 is 11.6 Å². The number of nitrogens with zero attached hydrogens (tertiary/aromatic N) is 3. The van der Waals surface area contributed by atoms with Crippen LogP contribution in [-0.2, 0) is 16.0 Å². The van der Waals surface area contributed by atoms with Crippen LogP contribution in [0.4, 0.5) is 18.9 Å². The number of alkyl halides is 3. The first-order valence-corrected chi connectivity index (χ1v) is 11.5. The molecule has 0 bridgehead atoms. The average Bonchev–Trinajstić information content (AvgIpc) is 2.77. The summed E-state index contributed by atoms with van der Waals surface area (Å²) in [5.74, 6) is -0.595. The summed E-state index contributed by atoms with van der Waals surface area (Å²) < 4.78 is 63.1. The summed E-state index contributed by atoms with van der Waals surface area (Å²) in [4.78, 5) is 17.6. The number of carbonyl (C=O) groups is 1. The smallest absolute Gasteiger partial charge is 0.310 e. The topological polar surface area (TPSA) is 91.1 Å². The number of pyridine rings is 1. The van der Waals surface area contributed by atoms with Gasteiger partial charge in [0, 0.05) is 41.2 Å². The molecule has 2 aromatic carbocycles. The summed E-state index contributed by atoms with van der Waals surface area (Å²) in [5, 5.41) is 9.45. The van der Waals surface area contributed by atoms with Gasteiger partial charge in [0.15, 0.2) is 9.84 Å². The molecule has 11 heteroatoms. The predicted molar refractivity (Wildman–Crippen MR) is 117 cm³/mol. The predicted octanol–water partition coefficient (Wildman–Crippen LogP) is 4.97. The second-order valence-corrected chi connectivity index (χ2v) is 9.41. The minimum Gasteiger partial charge on any atom is -0.310 e. The summed E-state index contributed by atoms with van der Waals surface area (Å²) in [6.07, 6.45) is -2.84.